The maximum atomic E-state index is 12.2. The molecule has 2 aromatic carbocycles. The van der Waals surface area contributed by atoms with Gasteiger partial charge in [-0.3, -0.25) is 4.90 Å². The number of carbonyl (C=O) groups is 2. The number of alkyl carbamates (subject to hydrolysis) is 1. The van der Waals surface area contributed by atoms with Crippen LogP contribution in [0.15, 0.2) is 48.5 Å². The number of nitrogens with one attached hydrogen (secondary N) is 1. The Balaban J connectivity index is 1.23. The van der Waals surface area contributed by atoms with Crippen LogP contribution < -0.4 is 19.7 Å². The normalized spacial score (nSPS) is 17.6. The molecular formula is C21H22N2O6. The van der Waals surface area contributed by atoms with Gasteiger partial charge in [0.2, 0.25) is 0 Å². The number of hydrogen-bond donors (Lipinski definition) is 1. The molecule has 8 heteroatoms. The topological polar surface area (TPSA) is 86.3 Å². The van der Waals surface area contributed by atoms with Gasteiger partial charge in [-0.15, -0.1) is 0 Å². The van der Waals surface area contributed by atoms with Gasteiger partial charge in [-0.2, -0.15) is 0 Å². The van der Waals surface area contributed by atoms with E-state index in [1.54, 1.807) is 23.1 Å². The number of ether oxygens (including phenoxy) is 4. The lowest BCUT2D eigenvalue weighted by molar-refractivity contribution is 0.129. The van der Waals surface area contributed by atoms with Crippen LogP contribution in [-0.2, 0) is 16.1 Å². The Morgan fingerprint density at radius 2 is 1.90 bits per heavy atom. The summed E-state index contributed by atoms with van der Waals surface area (Å²) in [5, 5.41) is 2.68. The SMILES string of the molecule is O=C(NCCC1CN(c2ccc3c(c2)OCCO3)C(=O)O1)OCc1ccccc1. The van der Waals surface area contributed by atoms with E-state index in [0.29, 0.717) is 49.9 Å². The van der Waals surface area contributed by atoms with Gasteiger partial charge < -0.3 is 24.3 Å². The zero-order valence-corrected chi connectivity index (χ0v) is 15.8. The quantitative estimate of drug-likeness (QED) is 0.805. The Labute approximate surface area is 168 Å². The maximum absolute atomic E-state index is 12.2. The molecule has 1 fully saturated rings. The summed E-state index contributed by atoms with van der Waals surface area (Å²) in [4.78, 5) is 25.6. The van der Waals surface area contributed by atoms with Crippen molar-refractivity contribution in [2.24, 2.45) is 0 Å². The summed E-state index contributed by atoms with van der Waals surface area (Å²) in [7, 11) is 0. The molecule has 0 radical (unpaired) electrons. The van der Waals surface area contributed by atoms with Crippen LogP contribution in [0.3, 0.4) is 0 Å². The molecule has 1 atom stereocenters. The Morgan fingerprint density at radius 1 is 1.10 bits per heavy atom. The van der Waals surface area contributed by atoms with E-state index in [4.69, 9.17) is 18.9 Å². The van der Waals surface area contributed by atoms with Crippen LogP contribution in [0.1, 0.15) is 12.0 Å². The molecule has 0 saturated carbocycles. The third kappa shape index (κ3) is 4.71. The first-order valence-electron chi connectivity index (χ1n) is 9.51. The lowest BCUT2D eigenvalue weighted by atomic mass is 10.2. The molecule has 4 rings (SSSR count). The number of cyclic esters (lactones) is 1. The molecule has 0 aliphatic carbocycles. The van der Waals surface area contributed by atoms with Crippen molar-refractivity contribution in [3.63, 3.8) is 0 Å². The minimum atomic E-state index is -0.498. The van der Waals surface area contributed by atoms with Crippen LogP contribution in [0.2, 0.25) is 0 Å². The molecule has 2 aliphatic rings. The van der Waals surface area contributed by atoms with E-state index in [9.17, 15) is 9.59 Å². The smallest absolute Gasteiger partial charge is 0.414 e. The largest absolute Gasteiger partial charge is 0.486 e. The van der Waals surface area contributed by atoms with Crippen LogP contribution in [-0.4, -0.2) is 44.6 Å². The van der Waals surface area contributed by atoms with Crippen molar-refractivity contribution in [2.45, 2.75) is 19.1 Å². The van der Waals surface area contributed by atoms with Crippen LogP contribution in [0.5, 0.6) is 11.5 Å². The first kappa shape index (κ1) is 18.9. The standard InChI is InChI=1S/C21H22N2O6/c24-20(28-14-15-4-2-1-3-5-15)22-9-8-17-13-23(21(25)29-17)16-6-7-18-19(12-16)27-11-10-26-18/h1-7,12,17H,8-11,13-14H2,(H,22,24). The van der Waals surface area contributed by atoms with Gasteiger partial charge in [0.1, 0.15) is 25.9 Å². The second kappa shape index (κ2) is 8.72. The van der Waals surface area contributed by atoms with E-state index in [0.717, 1.165) is 5.56 Å². The molecular weight excluding hydrogens is 376 g/mol. The fourth-order valence-corrected chi connectivity index (χ4v) is 3.19. The van der Waals surface area contributed by atoms with E-state index in [1.165, 1.54) is 0 Å². The van der Waals surface area contributed by atoms with E-state index in [1.807, 2.05) is 30.3 Å². The van der Waals surface area contributed by atoms with Crippen molar-refractivity contribution in [1.82, 2.24) is 5.32 Å². The van der Waals surface area contributed by atoms with Gasteiger partial charge in [0.05, 0.1) is 12.2 Å². The summed E-state index contributed by atoms with van der Waals surface area (Å²) < 4.78 is 21.6. The number of hydrogen-bond acceptors (Lipinski definition) is 6. The van der Waals surface area contributed by atoms with Crippen molar-refractivity contribution >= 4 is 17.9 Å². The molecule has 0 aromatic heterocycles. The molecule has 1 unspecified atom stereocenters. The van der Waals surface area contributed by atoms with Gasteiger partial charge in [0, 0.05) is 19.0 Å². The average Bonchev–Trinajstić information content (AvgIpc) is 3.13. The zero-order valence-electron chi connectivity index (χ0n) is 15.8. The molecule has 8 nitrogen and oxygen atoms in total. The summed E-state index contributed by atoms with van der Waals surface area (Å²) in [6, 6.07) is 14.8. The van der Waals surface area contributed by atoms with E-state index in [2.05, 4.69) is 5.32 Å². The molecule has 2 heterocycles. The van der Waals surface area contributed by atoms with E-state index < -0.39 is 12.2 Å². The first-order valence-corrected chi connectivity index (χ1v) is 9.51. The van der Waals surface area contributed by atoms with Crippen molar-refractivity contribution in [2.75, 3.05) is 31.2 Å². The zero-order chi connectivity index (χ0) is 20.1. The molecule has 152 valence electrons. The summed E-state index contributed by atoms with van der Waals surface area (Å²) in [5.41, 5.74) is 1.61. The molecule has 1 saturated heterocycles. The third-order valence-corrected chi connectivity index (χ3v) is 4.66. The highest BCUT2D eigenvalue weighted by Crippen LogP contribution is 2.35. The number of benzene rings is 2. The van der Waals surface area contributed by atoms with Crippen LogP contribution in [0, 0.1) is 0 Å². The highest BCUT2D eigenvalue weighted by Gasteiger charge is 2.32. The van der Waals surface area contributed by atoms with Gasteiger partial charge >= 0.3 is 12.2 Å². The second-order valence-corrected chi connectivity index (χ2v) is 6.72. The maximum Gasteiger partial charge on any atom is 0.414 e. The van der Waals surface area contributed by atoms with E-state index >= 15 is 0 Å². The fraction of sp³-hybridized carbons (Fsp3) is 0.333. The predicted octanol–water partition coefficient (Wildman–Crippen LogP) is 3.10. The predicted molar refractivity (Wildman–Crippen MR) is 104 cm³/mol. The van der Waals surface area contributed by atoms with Gasteiger partial charge in [0.15, 0.2) is 11.5 Å². The highest BCUT2D eigenvalue weighted by molar-refractivity contribution is 5.90. The molecule has 29 heavy (non-hydrogen) atoms. The number of fused-ring (bicyclic) bond motifs is 1. The summed E-state index contributed by atoms with van der Waals surface area (Å²) in [6.45, 7) is 1.96. The summed E-state index contributed by atoms with van der Waals surface area (Å²) in [5.74, 6) is 1.29. The molecule has 2 amide bonds. The average molecular weight is 398 g/mol. The summed E-state index contributed by atoms with van der Waals surface area (Å²) >= 11 is 0. The molecule has 0 spiro atoms. The lowest BCUT2D eigenvalue weighted by Gasteiger charge is -2.21. The lowest BCUT2D eigenvalue weighted by Crippen LogP contribution is -2.29. The Bertz CT molecular complexity index is 873. The number of anilines is 1. The fourth-order valence-electron chi connectivity index (χ4n) is 3.19. The number of rotatable bonds is 6. The monoisotopic (exact) mass is 398 g/mol. The minimum Gasteiger partial charge on any atom is -0.486 e. The molecule has 0 bridgehead atoms. The minimum absolute atomic E-state index is 0.211. The molecule has 1 N–H and O–H groups in total. The second-order valence-electron chi connectivity index (χ2n) is 6.72. The Morgan fingerprint density at radius 3 is 2.72 bits per heavy atom. The number of carbonyl (C=O) groups excluding carboxylic acids is 2. The highest BCUT2D eigenvalue weighted by atomic mass is 16.6. The first-order chi connectivity index (χ1) is 14.2. The number of amides is 2. The Hall–Kier alpha value is -3.42. The van der Waals surface area contributed by atoms with Crippen molar-refractivity contribution in [1.29, 1.82) is 0 Å². The van der Waals surface area contributed by atoms with Gasteiger partial charge in [-0.1, -0.05) is 30.3 Å². The van der Waals surface area contributed by atoms with Crippen molar-refractivity contribution in [3.8, 4) is 11.5 Å². The van der Waals surface area contributed by atoms with Crippen molar-refractivity contribution < 1.29 is 28.5 Å². The van der Waals surface area contributed by atoms with Crippen molar-refractivity contribution in [3.05, 3.63) is 54.1 Å². The molecule has 2 aliphatic heterocycles. The Kier molecular flexibility index (Phi) is 5.69. The van der Waals surface area contributed by atoms with Crippen LogP contribution in [0.4, 0.5) is 15.3 Å². The number of nitrogens with zero attached hydrogens (tertiary/aromatic N) is 1. The third-order valence-electron chi connectivity index (χ3n) is 4.66. The van der Waals surface area contributed by atoms with Gasteiger partial charge in [-0.25, -0.2) is 9.59 Å². The van der Waals surface area contributed by atoms with Crippen LogP contribution in [0.25, 0.3) is 0 Å². The van der Waals surface area contributed by atoms with Gasteiger partial charge in [0.25, 0.3) is 0 Å². The molecule has 2 aromatic rings. The van der Waals surface area contributed by atoms with Gasteiger partial charge in [-0.05, 0) is 17.7 Å². The van der Waals surface area contributed by atoms with E-state index in [-0.39, 0.29) is 12.7 Å². The summed E-state index contributed by atoms with van der Waals surface area (Å²) in [6.07, 6.45) is -0.738. The van der Waals surface area contributed by atoms with Crippen LogP contribution >= 0.6 is 0 Å².